The van der Waals surface area contributed by atoms with Crippen LogP contribution in [0.2, 0.25) is 0 Å². The van der Waals surface area contributed by atoms with Gasteiger partial charge in [-0.25, -0.2) is 4.98 Å². The number of aryl methyl sites for hydroxylation is 1. The maximum Gasteiger partial charge on any atom is 0.229 e. The lowest BCUT2D eigenvalue weighted by Gasteiger charge is -2.14. The van der Waals surface area contributed by atoms with Crippen LogP contribution in [0.3, 0.4) is 0 Å². The maximum atomic E-state index is 11.4. The second-order valence-corrected chi connectivity index (χ2v) is 6.76. The highest BCUT2D eigenvalue weighted by atomic mass is 16.1. The van der Waals surface area contributed by atoms with Gasteiger partial charge in [0.1, 0.15) is 5.82 Å². The monoisotopic (exact) mass is 350 g/mol. The van der Waals surface area contributed by atoms with Crippen molar-refractivity contribution in [2.24, 2.45) is 0 Å². The first-order valence-corrected chi connectivity index (χ1v) is 9.25. The molecule has 3 rings (SSSR count). The Kier molecular flexibility index (Phi) is 6.00. The summed E-state index contributed by atoms with van der Waals surface area (Å²) in [6.45, 7) is 4.41. The lowest BCUT2D eigenvalue weighted by molar-refractivity contribution is 0.101. The van der Waals surface area contributed by atoms with Crippen LogP contribution >= 0.6 is 0 Å². The van der Waals surface area contributed by atoms with Gasteiger partial charge in [0.25, 0.3) is 0 Å². The van der Waals surface area contributed by atoms with Crippen molar-refractivity contribution in [3.05, 3.63) is 53.2 Å². The van der Waals surface area contributed by atoms with Crippen LogP contribution in [-0.4, -0.2) is 22.3 Å². The number of rotatable bonds is 7. The number of Topliss-reactive ketones (excluding diaryl/α,β-unsaturated/α-hetero) is 1. The van der Waals surface area contributed by atoms with Gasteiger partial charge >= 0.3 is 0 Å². The van der Waals surface area contributed by atoms with Crippen molar-refractivity contribution < 1.29 is 4.79 Å². The molecule has 1 heterocycles. The number of nitrogens with zero attached hydrogens (tertiary/aromatic N) is 2. The first kappa shape index (κ1) is 18.1. The first-order valence-electron chi connectivity index (χ1n) is 9.25. The summed E-state index contributed by atoms with van der Waals surface area (Å²) in [7, 11) is 0. The van der Waals surface area contributed by atoms with Crippen molar-refractivity contribution in [1.82, 2.24) is 9.97 Å². The van der Waals surface area contributed by atoms with E-state index >= 15 is 0 Å². The molecule has 5 heteroatoms. The van der Waals surface area contributed by atoms with Crippen molar-refractivity contribution in [3.63, 3.8) is 0 Å². The summed E-state index contributed by atoms with van der Waals surface area (Å²) in [5.74, 6) is 1.44. The molecule has 2 aromatic rings. The number of aromatic nitrogens is 2. The molecule has 0 spiro atoms. The molecule has 2 N–H and O–H groups in total. The molecule has 0 unspecified atom stereocenters. The first-order chi connectivity index (χ1) is 12.6. The fourth-order valence-corrected chi connectivity index (χ4v) is 3.12. The predicted molar refractivity (Wildman–Crippen MR) is 106 cm³/mol. The van der Waals surface area contributed by atoms with E-state index in [0.717, 1.165) is 30.2 Å². The average Bonchev–Trinajstić information content (AvgIpc) is 2.62. The summed E-state index contributed by atoms with van der Waals surface area (Å²) >= 11 is 0. The quantitative estimate of drug-likeness (QED) is 0.541. The van der Waals surface area contributed by atoms with Crippen molar-refractivity contribution in [1.29, 1.82) is 0 Å². The molecule has 0 atom stereocenters. The number of hydrogen-bond acceptors (Lipinski definition) is 5. The van der Waals surface area contributed by atoms with Crippen molar-refractivity contribution in [2.45, 2.75) is 46.0 Å². The molecule has 1 aromatic carbocycles. The van der Waals surface area contributed by atoms with Crippen LogP contribution in [0.1, 0.15) is 55.1 Å². The SMILES string of the molecule is CC(=O)c1ccc(Nc2nc(C)cc(NCCC3=CCCCC3)n2)cc1. The summed E-state index contributed by atoms with van der Waals surface area (Å²) in [6.07, 6.45) is 8.54. The molecule has 0 radical (unpaired) electrons. The van der Waals surface area contributed by atoms with Crippen LogP contribution in [0.4, 0.5) is 17.5 Å². The molecule has 26 heavy (non-hydrogen) atoms. The zero-order valence-corrected chi connectivity index (χ0v) is 15.5. The van der Waals surface area contributed by atoms with Gasteiger partial charge in [0.05, 0.1) is 0 Å². The van der Waals surface area contributed by atoms with Gasteiger partial charge in [0.2, 0.25) is 5.95 Å². The molecule has 0 fully saturated rings. The van der Waals surface area contributed by atoms with E-state index in [2.05, 4.69) is 26.7 Å². The molecule has 1 aromatic heterocycles. The molecule has 5 nitrogen and oxygen atoms in total. The number of ketones is 1. The van der Waals surface area contributed by atoms with Crippen LogP contribution < -0.4 is 10.6 Å². The molecular weight excluding hydrogens is 324 g/mol. The van der Waals surface area contributed by atoms with Gasteiger partial charge in [-0.2, -0.15) is 4.98 Å². The number of allylic oxidation sites excluding steroid dienone is 1. The molecule has 0 amide bonds. The van der Waals surface area contributed by atoms with Crippen LogP contribution in [0.15, 0.2) is 42.0 Å². The molecule has 1 aliphatic carbocycles. The van der Waals surface area contributed by atoms with Gasteiger partial charge in [-0.15, -0.1) is 0 Å². The van der Waals surface area contributed by atoms with E-state index in [1.54, 1.807) is 24.6 Å². The summed E-state index contributed by atoms with van der Waals surface area (Å²) < 4.78 is 0. The Hall–Kier alpha value is -2.69. The topological polar surface area (TPSA) is 66.9 Å². The third-order valence-corrected chi connectivity index (χ3v) is 4.54. The fraction of sp³-hybridized carbons (Fsp3) is 0.381. The molecule has 0 saturated heterocycles. The highest BCUT2D eigenvalue weighted by molar-refractivity contribution is 5.94. The average molecular weight is 350 g/mol. The number of benzene rings is 1. The van der Waals surface area contributed by atoms with Crippen molar-refractivity contribution in [2.75, 3.05) is 17.2 Å². The normalized spacial score (nSPS) is 13.8. The van der Waals surface area contributed by atoms with Crippen LogP contribution in [0, 0.1) is 6.92 Å². The van der Waals surface area contributed by atoms with E-state index in [1.165, 1.54) is 25.7 Å². The molecular formula is C21H26N4O. The number of nitrogens with one attached hydrogen (secondary N) is 2. The van der Waals surface area contributed by atoms with Crippen LogP contribution in [0.25, 0.3) is 0 Å². The van der Waals surface area contributed by atoms with Gasteiger partial charge in [-0.1, -0.05) is 11.6 Å². The van der Waals surface area contributed by atoms with Crippen LogP contribution in [0.5, 0.6) is 0 Å². The third kappa shape index (κ3) is 5.15. The number of anilines is 3. The zero-order valence-electron chi connectivity index (χ0n) is 15.5. The van der Waals surface area contributed by atoms with Gasteiger partial charge in [-0.05, 0) is 70.2 Å². The Labute approximate surface area is 155 Å². The Morgan fingerprint density at radius 2 is 1.96 bits per heavy atom. The minimum atomic E-state index is 0.0583. The molecule has 0 aliphatic heterocycles. The van der Waals surface area contributed by atoms with E-state index in [1.807, 2.05) is 25.1 Å². The number of carbonyl (C=O) groups is 1. The zero-order chi connectivity index (χ0) is 18.4. The summed E-state index contributed by atoms with van der Waals surface area (Å²) in [4.78, 5) is 20.4. The minimum Gasteiger partial charge on any atom is -0.370 e. The Morgan fingerprint density at radius 3 is 2.65 bits per heavy atom. The highest BCUT2D eigenvalue weighted by Gasteiger charge is 2.06. The van der Waals surface area contributed by atoms with E-state index in [4.69, 9.17) is 0 Å². The third-order valence-electron chi connectivity index (χ3n) is 4.54. The van der Waals surface area contributed by atoms with Crippen molar-refractivity contribution in [3.8, 4) is 0 Å². The standard InChI is InChI=1S/C21H26N4O/c1-15-14-20(22-13-12-17-6-4-3-5-7-17)25-21(23-15)24-19-10-8-18(9-11-19)16(2)26/h6,8-11,14H,3-5,7,12-13H2,1-2H3,(H2,22,23,24,25). The lowest BCUT2D eigenvalue weighted by Crippen LogP contribution is -2.08. The van der Waals surface area contributed by atoms with Gasteiger partial charge in [-0.3, -0.25) is 4.79 Å². The molecule has 0 bridgehead atoms. The largest absolute Gasteiger partial charge is 0.370 e. The maximum absolute atomic E-state index is 11.4. The van der Waals surface area contributed by atoms with Crippen LogP contribution in [-0.2, 0) is 0 Å². The number of hydrogen-bond donors (Lipinski definition) is 2. The molecule has 1 aliphatic rings. The summed E-state index contributed by atoms with van der Waals surface area (Å²) in [5, 5.41) is 6.61. The second kappa shape index (κ2) is 8.61. The van der Waals surface area contributed by atoms with Gasteiger partial charge < -0.3 is 10.6 Å². The number of carbonyl (C=O) groups excluding carboxylic acids is 1. The van der Waals surface area contributed by atoms with Gasteiger partial charge in [0.15, 0.2) is 5.78 Å². The smallest absolute Gasteiger partial charge is 0.229 e. The summed E-state index contributed by atoms with van der Waals surface area (Å²) in [6, 6.07) is 9.30. The van der Waals surface area contributed by atoms with E-state index in [9.17, 15) is 4.79 Å². The van der Waals surface area contributed by atoms with E-state index < -0.39 is 0 Å². The molecule has 136 valence electrons. The highest BCUT2D eigenvalue weighted by Crippen LogP contribution is 2.21. The fourth-order valence-electron chi connectivity index (χ4n) is 3.12. The Bertz CT molecular complexity index is 796. The lowest BCUT2D eigenvalue weighted by atomic mass is 9.97. The minimum absolute atomic E-state index is 0.0583. The van der Waals surface area contributed by atoms with E-state index in [0.29, 0.717) is 11.5 Å². The summed E-state index contributed by atoms with van der Waals surface area (Å²) in [5.41, 5.74) is 4.01. The van der Waals surface area contributed by atoms with Gasteiger partial charge in [0, 0.05) is 29.6 Å². The second-order valence-electron chi connectivity index (χ2n) is 6.76. The molecule has 0 saturated carbocycles. The predicted octanol–water partition coefficient (Wildman–Crippen LogP) is 5.03. The Balaban J connectivity index is 1.61. The Morgan fingerprint density at radius 1 is 1.15 bits per heavy atom. The van der Waals surface area contributed by atoms with Crippen molar-refractivity contribution >= 4 is 23.2 Å². The van der Waals surface area contributed by atoms with E-state index in [-0.39, 0.29) is 5.78 Å².